The maximum Gasteiger partial charge on any atom is 0.210 e. The van der Waals surface area contributed by atoms with Crippen molar-refractivity contribution in [1.82, 2.24) is 0 Å². The number of halogens is 2. The van der Waals surface area contributed by atoms with Gasteiger partial charge >= 0.3 is 0 Å². The van der Waals surface area contributed by atoms with Gasteiger partial charge in [0.25, 0.3) is 0 Å². The maximum atomic E-state index is 13.5. The molecule has 0 aliphatic carbocycles. The first-order valence-corrected chi connectivity index (χ1v) is 5.75. The van der Waals surface area contributed by atoms with Gasteiger partial charge in [0.2, 0.25) is 11.6 Å². The van der Waals surface area contributed by atoms with Crippen molar-refractivity contribution in [2.75, 3.05) is 13.4 Å². The van der Waals surface area contributed by atoms with Crippen LogP contribution in [0.15, 0.2) is 0 Å². The highest BCUT2D eigenvalue weighted by Crippen LogP contribution is 2.48. The molecule has 1 atom stereocenters. The summed E-state index contributed by atoms with van der Waals surface area (Å²) in [5.41, 5.74) is -0.624. The summed E-state index contributed by atoms with van der Waals surface area (Å²) < 4.78 is 31.4. The molecule has 0 saturated heterocycles. The third-order valence-electron chi connectivity index (χ3n) is 2.35. The van der Waals surface area contributed by atoms with Crippen LogP contribution in [0.4, 0.5) is 8.78 Å². The van der Waals surface area contributed by atoms with Crippen LogP contribution in [0.2, 0.25) is 0 Å². The molecule has 0 aliphatic rings. The highest BCUT2D eigenvalue weighted by atomic mass is 32.2. The fourth-order valence-corrected chi connectivity index (χ4v) is 1.76. The highest BCUT2D eigenvalue weighted by Gasteiger charge is 2.35. The van der Waals surface area contributed by atoms with E-state index in [1.54, 1.807) is 0 Å². The summed E-state index contributed by atoms with van der Waals surface area (Å²) in [7, 11) is 0.993. The van der Waals surface area contributed by atoms with Gasteiger partial charge in [0, 0.05) is 0 Å². The molecule has 1 rings (SSSR count). The molecule has 0 amide bonds. The SMILES string of the molecule is COc1c(F)c(O)c(C(C)(O)SC)c(O)c1F. The van der Waals surface area contributed by atoms with Gasteiger partial charge < -0.3 is 20.1 Å². The molecule has 0 saturated carbocycles. The van der Waals surface area contributed by atoms with Crippen molar-refractivity contribution in [3.8, 4) is 17.2 Å². The topological polar surface area (TPSA) is 69.9 Å². The number of aromatic hydroxyl groups is 2. The average molecular weight is 266 g/mol. The lowest BCUT2D eigenvalue weighted by molar-refractivity contribution is 0.149. The summed E-state index contributed by atoms with van der Waals surface area (Å²) in [4.78, 5) is -1.83. The molecule has 1 unspecified atom stereocenters. The third kappa shape index (κ3) is 2.12. The lowest BCUT2D eigenvalue weighted by atomic mass is 10.1. The van der Waals surface area contributed by atoms with E-state index in [0.29, 0.717) is 0 Å². The Kier molecular flexibility index (Phi) is 3.73. The fourth-order valence-electron chi connectivity index (χ4n) is 1.36. The van der Waals surface area contributed by atoms with E-state index in [9.17, 15) is 24.1 Å². The Morgan fingerprint density at radius 3 is 1.88 bits per heavy atom. The van der Waals surface area contributed by atoms with E-state index in [1.807, 2.05) is 0 Å². The quantitative estimate of drug-likeness (QED) is 0.729. The molecule has 0 heterocycles. The molecule has 0 spiro atoms. The Labute approximate surface area is 101 Å². The largest absolute Gasteiger partial charge is 0.504 e. The van der Waals surface area contributed by atoms with Crippen LogP contribution in [0.5, 0.6) is 17.2 Å². The molecule has 0 bridgehead atoms. The van der Waals surface area contributed by atoms with Crippen molar-refractivity contribution in [1.29, 1.82) is 0 Å². The molecule has 3 N–H and O–H groups in total. The second kappa shape index (κ2) is 4.58. The number of methoxy groups -OCH3 is 1. The summed E-state index contributed by atoms with van der Waals surface area (Å²) >= 11 is 0.801. The van der Waals surface area contributed by atoms with Crippen molar-refractivity contribution in [3.63, 3.8) is 0 Å². The Morgan fingerprint density at radius 1 is 1.18 bits per heavy atom. The molecular weight excluding hydrogens is 254 g/mol. The third-order valence-corrected chi connectivity index (χ3v) is 3.35. The van der Waals surface area contributed by atoms with Crippen LogP contribution < -0.4 is 4.74 Å². The first-order valence-electron chi connectivity index (χ1n) is 4.52. The lowest BCUT2D eigenvalue weighted by Crippen LogP contribution is -2.17. The summed E-state index contributed by atoms with van der Waals surface area (Å²) in [6.07, 6.45) is 1.46. The summed E-state index contributed by atoms with van der Waals surface area (Å²) in [5, 5.41) is 28.9. The predicted octanol–water partition coefficient (Wildman–Crippen LogP) is 1.91. The number of thioether (sulfide) groups is 1. The number of benzene rings is 1. The van der Waals surface area contributed by atoms with Gasteiger partial charge in [-0.25, -0.2) is 0 Å². The first-order chi connectivity index (χ1) is 7.77. The zero-order valence-electron chi connectivity index (χ0n) is 9.41. The zero-order valence-corrected chi connectivity index (χ0v) is 10.2. The molecule has 0 fully saturated rings. The average Bonchev–Trinajstić information content (AvgIpc) is 2.27. The van der Waals surface area contributed by atoms with Gasteiger partial charge in [-0.2, -0.15) is 8.78 Å². The van der Waals surface area contributed by atoms with Gasteiger partial charge in [-0.3, -0.25) is 0 Å². The number of aliphatic hydroxyl groups is 1. The molecule has 96 valence electrons. The zero-order chi connectivity index (χ0) is 13.4. The van der Waals surface area contributed by atoms with Gasteiger partial charge in [-0.05, 0) is 13.2 Å². The Morgan fingerprint density at radius 2 is 1.59 bits per heavy atom. The van der Waals surface area contributed by atoms with E-state index in [1.165, 1.54) is 13.2 Å². The van der Waals surface area contributed by atoms with E-state index in [-0.39, 0.29) is 0 Å². The highest BCUT2D eigenvalue weighted by molar-refractivity contribution is 7.99. The monoisotopic (exact) mass is 266 g/mol. The molecule has 0 radical (unpaired) electrons. The van der Waals surface area contributed by atoms with Crippen LogP contribution in [-0.4, -0.2) is 28.7 Å². The minimum atomic E-state index is -1.83. The van der Waals surface area contributed by atoms with E-state index in [2.05, 4.69) is 4.74 Å². The standard InChI is InChI=1S/C10H12F2O4S/c1-10(15,17-3)4-7(13)5(11)9(16-2)6(12)8(4)14/h13-15H,1-3H3. The van der Waals surface area contributed by atoms with Crippen molar-refractivity contribution < 1.29 is 28.8 Å². The Hall–Kier alpha value is -1.21. The molecule has 0 aliphatic heterocycles. The van der Waals surface area contributed by atoms with Crippen molar-refractivity contribution >= 4 is 11.8 Å². The maximum absolute atomic E-state index is 13.5. The van der Waals surface area contributed by atoms with Gasteiger partial charge in [-0.1, -0.05) is 0 Å². The number of ether oxygens (including phenoxy) is 1. The van der Waals surface area contributed by atoms with E-state index < -0.39 is 39.4 Å². The van der Waals surface area contributed by atoms with Crippen LogP contribution in [0.1, 0.15) is 12.5 Å². The van der Waals surface area contributed by atoms with Gasteiger partial charge in [0.05, 0.1) is 12.7 Å². The lowest BCUT2D eigenvalue weighted by Gasteiger charge is -2.24. The molecule has 7 heteroatoms. The smallest absolute Gasteiger partial charge is 0.210 e. The van der Waals surface area contributed by atoms with E-state index >= 15 is 0 Å². The molecular formula is C10H12F2O4S. The van der Waals surface area contributed by atoms with Crippen molar-refractivity contribution in [2.24, 2.45) is 0 Å². The first kappa shape index (κ1) is 13.9. The van der Waals surface area contributed by atoms with Gasteiger partial charge in [0.15, 0.2) is 17.2 Å². The number of rotatable bonds is 3. The van der Waals surface area contributed by atoms with Crippen molar-refractivity contribution in [3.05, 3.63) is 17.2 Å². The predicted molar refractivity (Wildman–Crippen MR) is 59.3 cm³/mol. The Bertz CT molecular complexity index is 419. The second-order valence-corrected chi connectivity index (χ2v) is 4.62. The molecule has 4 nitrogen and oxygen atoms in total. The van der Waals surface area contributed by atoms with E-state index in [0.717, 1.165) is 18.9 Å². The van der Waals surface area contributed by atoms with Crippen LogP contribution in [-0.2, 0) is 4.93 Å². The Balaban J connectivity index is 3.65. The summed E-state index contributed by atoms with van der Waals surface area (Å²) in [6, 6.07) is 0. The minimum Gasteiger partial charge on any atom is -0.504 e. The van der Waals surface area contributed by atoms with Crippen molar-refractivity contribution in [2.45, 2.75) is 11.9 Å². The molecule has 1 aromatic rings. The molecule has 0 aromatic heterocycles. The minimum absolute atomic E-state index is 0.624. The second-order valence-electron chi connectivity index (χ2n) is 3.42. The number of hydrogen-bond donors (Lipinski definition) is 3. The number of phenolic OH excluding ortho intramolecular Hbond substituents is 2. The van der Waals surface area contributed by atoms with Crippen LogP contribution in [0.25, 0.3) is 0 Å². The summed E-state index contributed by atoms with van der Waals surface area (Å²) in [5.74, 6) is -5.72. The van der Waals surface area contributed by atoms with Crippen LogP contribution in [0.3, 0.4) is 0 Å². The number of hydrogen-bond acceptors (Lipinski definition) is 5. The van der Waals surface area contributed by atoms with Gasteiger partial charge in [0.1, 0.15) is 4.93 Å². The summed E-state index contributed by atoms with van der Waals surface area (Å²) in [6.45, 7) is 1.19. The fraction of sp³-hybridized carbons (Fsp3) is 0.400. The van der Waals surface area contributed by atoms with Crippen LogP contribution in [0, 0.1) is 11.6 Å². The normalized spacial score (nSPS) is 14.5. The molecule has 17 heavy (non-hydrogen) atoms. The van der Waals surface area contributed by atoms with E-state index in [4.69, 9.17) is 0 Å². The number of phenols is 2. The van der Waals surface area contributed by atoms with Gasteiger partial charge in [-0.15, -0.1) is 11.8 Å². The molecule has 1 aromatic carbocycles. The van der Waals surface area contributed by atoms with Crippen LogP contribution >= 0.6 is 11.8 Å².